The third kappa shape index (κ3) is 12.2. The number of nitrogens with one attached hydrogen (secondary N) is 2. The maximum atomic E-state index is 13.2. The van der Waals surface area contributed by atoms with Gasteiger partial charge in [-0.2, -0.15) is 0 Å². The maximum Gasteiger partial charge on any atom is 0.329 e. The maximum absolute atomic E-state index is 13.2. The molecular weight excluding hydrogens is 571 g/mol. The van der Waals surface area contributed by atoms with Gasteiger partial charge in [-0.25, -0.2) is 4.79 Å². The second kappa shape index (κ2) is 15.3. The summed E-state index contributed by atoms with van der Waals surface area (Å²) in [4.78, 5) is 37.8. The van der Waals surface area contributed by atoms with E-state index in [1.54, 1.807) is 20.8 Å². The van der Waals surface area contributed by atoms with Crippen LogP contribution in [0.25, 0.3) is 0 Å². The van der Waals surface area contributed by atoms with Crippen molar-refractivity contribution in [2.75, 3.05) is 19.7 Å². The molecule has 2 aromatic carbocycles. The lowest BCUT2D eigenvalue weighted by Gasteiger charge is -2.25. The van der Waals surface area contributed by atoms with Crippen molar-refractivity contribution >= 4 is 41.0 Å². The van der Waals surface area contributed by atoms with E-state index in [4.69, 9.17) is 37.4 Å². The van der Waals surface area contributed by atoms with Crippen LogP contribution in [0.4, 0.5) is 0 Å². The Kier molecular flexibility index (Phi) is 12.7. The lowest BCUT2D eigenvalue weighted by atomic mass is 10.0. The molecule has 0 heterocycles. The summed E-state index contributed by atoms with van der Waals surface area (Å²) in [6, 6.07) is 9.38. The number of phenolic OH excluding ortho intramolecular Hbond substituents is 1. The van der Waals surface area contributed by atoms with E-state index in [1.165, 1.54) is 6.07 Å². The topological polar surface area (TPSA) is 123 Å². The molecule has 0 unspecified atom stereocenters. The first-order valence-electron chi connectivity index (χ1n) is 13.4. The summed E-state index contributed by atoms with van der Waals surface area (Å²) in [6.07, 6.45) is 1.48. The Morgan fingerprint density at radius 2 is 1.59 bits per heavy atom. The minimum atomic E-state index is -1.03. The summed E-state index contributed by atoms with van der Waals surface area (Å²) in [5, 5.41) is 16.2. The van der Waals surface area contributed by atoms with Gasteiger partial charge in [0.05, 0.1) is 23.7 Å². The zero-order chi connectivity index (χ0) is 30.8. The third-order valence-corrected chi connectivity index (χ3v) is 5.99. The van der Waals surface area contributed by atoms with E-state index >= 15 is 0 Å². The Hall–Kier alpha value is -3.01. The van der Waals surface area contributed by atoms with Gasteiger partial charge < -0.3 is 30.0 Å². The van der Waals surface area contributed by atoms with Gasteiger partial charge in [-0.1, -0.05) is 53.5 Å². The molecule has 2 rings (SSSR count). The number of rotatable bonds is 13. The average molecular weight is 612 g/mol. The molecule has 0 aliphatic carbocycles. The van der Waals surface area contributed by atoms with Crippen molar-refractivity contribution in [1.29, 1.82) is 0 Å². The lowest BCUT2D eigenvalue weighted by molar-refractivity contribution is -0.157. The normalized spacial score (nSPS) is 12.4. The fourth-order valence-corrected chi connectivity index (χ4v) is 4.21. The molecule has 11 heteroatoms. The van der Waals surface area contributed by atoms with Crippen molar-refractivity contribution in [3.8, 4) is 11.5 Å². The number of carbonyl (C=O) groups excluding carboxylic acids is 3. The van der Waals surface area contributed by atoms with Crippen LogP contribution in [-0.2, 0) is 25.5 Å². The molecule has 1 amide bonds. The first-order valence-corrected chi connectivity index (χ1v) is 14.2. The molecule has 0 radical (unpaired) electrons. The highest BCUT2D eigenvalue weighted by molar-refractivity contribution is 6.39. The fraction of sp³-hybridized carbons (Fsp3) is 0.500. The SMILES string of the molecule is CC(C)(C)OC(=O)CNCCCCOc1c(Cl)cc(C(=O)N[C@@H](Cc2ccccc2)C(=O)OC(C)(C)C)c(O)c1Cl. The average Bonchev–Trinajstić information content (AvgIpc) is 2.85. The van der Waals surface area contributed by atoms with E-state index in [0.29, 0.717) is 19.4 Å². The van der Waals surface area contributed by atoms with E-state index in [2.05, 4.69) is 10.6 Å². The van der Waals surface area contributed by atoms with Crippen LogP contribution < -0.4 is 15.4 Å². The number of unbranched alkanes of at least 4 members (excludes halogenated alkanes) is 1. The van der Waals surface area contributed by atoms with E-state index < -0.39 is 34.9 Å². The summed E-state index contributed by atoms with van der Waals surface area (Å²) in [5.74, 6) is -2.18. The third-order valence-electron chi connectivity index (χ3n) is 5.36. The quantitative estimate of drug-likeness (QED) is 0.201. The van der Waals surface area contributed by atoms with Crippen molar-refractivity contribution in [2.24, 2.45) is 0 Å². The van der Waals surface area contributed by atoms with Gasteiger partial charge in [0.25, 0.3) is 5.91 Å². The number of carbonyl (C=O) groups is 3. The van der Waals surface area contributed by atoms with Gasteiger partial charge in [-0.3, -0.25) is 9.59 Å². The predicted octanol–water partition coefficient (Wildman–Crippen LogP) is 5.47. The van der Waals surface area contributed by atoms with Crippen molar-refractivity contribution in [3.63, 3.8) is 0 Å². The molecule has 0 bridgehead atoms. The first-order chi connectivity index (χ1) is 19.1. The van der Waals surface area contributed by atoms with E-state index in [-0.39, 0.29) is 46.9 Å². The molecule has 0 fully saturated rings. The van der Waals surface area contributed by atoms with Gasteiger partial charge in [0, 0.05) is 6.42 Å². The summed E-state index contributed by atoms with van der Waals surface area (Å²) in [6.45, 7) is 11.5. The molecule has 0 aromatic heterocycles. The zero-order valence-electron chi connectivity index (χ0n) is 24.4. The van der Waals surface area contributed by atoms with Gasteiger partial charge in [-0.05, 0) is 72.6 Å². The van der Waals surface area contributed by atoms with Crippen LogP contribution in [0.2, 0.25) is 10.0 Å². The van der Waals surface area contributed by atoms with E-state index in [9.17, 15) is 19.5 Å². The van der Waals surface area contributed by atoms with E-state index in [0.717, 1.165) is 5.56 Å². The minimum absolute atomic E-state index is 0.0258. The number of hydrogen-bond donors (Lipinski definition) is 3. The smallest absolute Gasteiger partial charge is 0.329 e. The molecule has 2 aromatic rings. The second-order valence-corrected chi connectivity index (χ2v) is 12.3. The van der Waals surface area contributed by atoms with Crippen molar-refractivity contribution in [3.05, 3.63) is 57.6 Å². The van der Waals surface area contributed by atoms with Crippen LogP contribution >= 0.6 is 23.2 Å². The van der Waals surface area contributed by atoms with Crippen LogP contribution in [-0.4, -0.2) is 59.9 Å². The second-order valence-electron chi connectivity index (χ2n) is 11.5. The largest absolute Gasteiger partial charge is 0.505 e. The van der Waals surface area contributed by atoms with Crippen LogP contribution in [0.3, 0.4) is 0 Å². The number of esters is 2. The van der Waals surface area contributed by atoms with Crippen molar-refractivity contribution in [1.82, 2.24) is 10.6 Å². The molecule has 9 nitrogen and oxygen atoms in total. The summed E-state index contributed by atoms with van der Waals surface area (Å²) >= 11 is 12.7. The minimum Gasteiger partial charge on any atom is -0.505 e. The number of halogens is 2. The number of benzene rings is 2. The summed E-state index contributed by atoms with van der Waals surface area (Å²) in [5.41, 5.74) is -0.693. The lowest BCUT2D eigenvalue weighted by Crippen LogP contribution is -2.45. The number of aromatic hydroxyl groups is 1. The van der Waals surface area contributed by atoms with Crippen LogP contribution in [0.5, 0.6) is 11.5 Å². The Morgan fingerprint density at radius 1 is 0.951 bits per heavy atom. The fourth-order valence-electron chi connectivity index (χ4n) is 3.64. The molecule has 0 spiro atoms. The molecule has 0 saturated heterocycles. The molecule has 41 heavy (non-hydrogen) atoms. The highest BCUT2D eigenvalue weighted by atomic mass is 35.5. The number of phenols is 1. The zero-order valence-corrected chi connectivity index (χ0v) is 25.9. The van der Waals surface area contributed by atoms with Crippen molar-refractivity contribution in [2.45, 2.75) is 78.0 Å². The van der Waals surface area contributed by atoms with Gasteiger partial charge in [0.15, 0.2) is 11.5 Å². The van der Waals surface area contributed by atoms with Gasteiger partial charge in [-0.15, -0.1) is 0 Å². The monoisotopic (exact) mass is 610 g/mol. The molecule has 3 N–H and O–H groups in total. The molecule has 226 valence electrons. The molecule has 0 aliphatic heterocycles. The highest BCUT2D eigenvalue weighted by Gasteiger charge is 2.29. The predicted molar refractivity (Wildman–Crippen MR) is 159 cm³/mol. The van der Waals surface area contributed by atoms with Gasteiger partial charge in [0.1, 0.15) is 22.3 Å². The van der Waals surface area contributed by atoms with Crippen LogP contribution in [0.15, 0.2) is 36.4 Å². The molecule has 0 saturated carbocycles. The highest BCUT2D eigenvalue weighted by Crippen LogP contribution is 2.42. The van der Waals surface area contributed by atoms with Gasteiger partial charge in [0.2, 0.25) is 0 Å². The number of amides is 1. The standard InChI is InChI=1S/C30H40Cl2N2O7/c1-29(2,3)40-23(35)18-33-14-10-11-15-39-26-21(31)17-20(25(36)24(26)32)27(37)34-22(28(38)41-30(4,5)6)16-19-12-8-7-9-13-19/h7-9,12-13,17,22,33,36H,10-11,14-16,18H2,1-6H3,(H,34,37)/t22-/m0/s1. The number of ether oxygens (including phenoxy) is 3. The summed E-state index contributed by atoms with van der Waals surface area (Å²) < 4.78 is 16.4. The molecular formula is C30H40Cl2N2O7. The van der Waals surface area contributed by atoms with Gasteiger partial charge >= 0.3 is 11.9 Å². The first kappa shape index (κ1) is 34.2. The summed E-state index contributed by atoms with van der Waals surface area (Å²) in [7, 11) is 0. The number of hydrogen-bond acceptors (Lipinski definition) is 8. The van der Waals surface area contributed by atoms with E-state index in [1.807, 2.05) is 51.1 Å². The Balaban J connectivity index is 2.00. The molecule has 1 atom stereocenters. The van der Waals surface area contributed by atoms with Crippen LogP contribution in [0.1, 0.15) is 70.3 Å². The molecule has 0 aliphatic rings. The Bertz CT molecular complexity index is 1190. The van der Waals surface area contributed by atoms with Crippen molar-refractivity contribution < 1.29 is 33.7 Å². The Morgan fingerprint density at radius 3 is 2.20 bits per heavy atom. The Labute approximate surface area is 251 Å². The van der Waals surface area contributed by atoms with Crippen LogP contribution in [0, 0.1) is 0 Å².